The van der Waals surface area contributed by atoms with E-state index in [2.05, 4.69) is 29.6 Å². The summed E-state index contributed by atoms with van der Waals surface area (Å²) in [6, 6.07) is 16.3. The highest BCUT2D eigenvalue weighted by atomic mass is 35.5. The van der Waals surface area contributed by atoms with E-state index in [-0.39, 0.29) is 24.2 Å². The third-order valence-corrected chi connectivity index (χ3v) is 5.04. The topological polar surface area (TPSA) is 55.1 Å². The lowest BCUT2D eigenvalue weighted by molar-refractivity contribution is -0.118. The molecule has 0 radical (unpaired) electrons. The highest BCUT2D eigenvalue weighted by Crippen LogP contribution is 2.31. The minimum Gasteiger partial charge on any atom is -0.370 e. The third kappa shape index (κ3) is 5.21. The summed E-state index contributed by atoms with van der Waals surface area (Å²) < 4.78 is 0. The number of primary amides is 1. The summed E-state index contributed by atoms with van der Waals surface area (Å²) in [6.07, 6.45) is 2.75. The van der Waals surface area contributed by atoms with E-state index in [9.17, 15) is 4.79 Å². The molecule has 0 saturated carbocycles. The molecule has 0 aromatic heterocycles. The zero-order chi connectivity index (χ0) is 16.9. The summed E-state index contributed by atoms with van der Waals surface area (Å²) in [7, 11) is 0. The SMILES string of the molecule is Cl.NC(=O)CC(c1ccc(Cl)cc1)c1ccc(C2CCCNC2)cc1. The predicted molar refractivity (Wildman–Crippen MR) is 106 cm³/mol. The van der Waals surface area contributed by atoms with Crippen LogP contribution < -0.4 is 11.1 Å². The van der Waals surface area contributed by atoms with Crippen LogP contribution in [-0.2, 0) is 4.79 Å². The molecule has 25 heavy (non-hydrogen) atoms. The van der Waals surface area contributed by atoms with Crippen LogP contribution in [0.15, 0.2) is 48.5 Å². The van der Waals surface area contributed by atoms with Gasteiger partial charge in [-0.25, -0.2) is 0 Å². The smallest absolute Gasteiger partial charge is 0.218 e. The van der Waals surface area contributed by atoms with Crippen LogP contribution in [0.2, 0.25) is 5.02 Å². The van der Waals surface area contributed by atoms with Gasteiger partial charge >= 0.3 is 0 Å². The number of nitrogens with two attached hydrogens (primary N) is 1. The first-order chi connectivity index (χ1) is 11.6. The maximum absolute atomic E-state index is 11.5. The molecule has 134 valence electrons. The Morgan fingerprint density at radius 1 is 1.12 bits per heavy atom. The van der Waals surface area contributed by atoms with E-state index in [1.165, 1.54) is 18.4 Å². The van der Waals surface area contributed by atoms with Gasteiger partial charge in [-0.3, -0.25) is 4.79 Å². The van der Waals surface area contributed by atoms with Gasteiger partial charge in [0.05, 0.1) is 0 Å². The van der Waals surface area contributed by atoms with E-state index in [1.807, 2.05) is 24.3 Å². The Hall–Kier alpha value is -1.55. The monoisotopic (exact) mass is 378 g/mol. The fourth-order valence-electron chi connectivity index (χ4n) is 3.46. The Labute approximate surface area is 160 Å². The molecule has 5 heteroatoms. The lowest BCUT2D eigenvalue weighted by Gasteiger charge is -2.24. The van der Waals surface area contributed by atoms with Gasteiger partial charge in [-0.05, 0) is 54.1 Å². The Balaban J connectivity index is 0.00000225. The second-order valence-electron chi connectivity index (χ2n) is 6.48. The average Bonchev–Trinajstić information content (AvgIpc) is 2.61. The van der Waals surface area contributed by atoms with Gasteiger partial charge in [0.15, 0.2) is 0 Å². The molecule has 2 unspecified atom stereocenters. The summed E-state index contributed by atoms with van der Waals surface area (Å²) in [6.45, 7) is 2.16. The van der Waals surface area contributed by atoms with Crippen molar-refractivity contribution in [1.29, 1.82) is 0 Å². The van der Waals surface area contributed by atoms with Crippen molar-refractivity contribution >= 4 is 29.9 Å². The molecule has 1 saturated heterocycles. The highest BCUT2D eigenvalue weighted by molar-refractivity contribution is 6.30. The molecular weight excluding hydrogens is 355 g/mol. The number of nitrogens with one attached hydrogen (secondary N) is 1. The summed E-state index contributed by atoms with van der Waals surface area (Å²) in [5.41, 5.74) is 9.01. The number of halogens is 2. The standard InChI is InChI=1S/C20H23ClN2O.ClH/c21-18-9-7-16(8-10-18)19(12-20(22)24)15-5-3-14(4-6-15)17-2-1-11-23-13-17;/h3-10,17,19,23H,1-2,11-13H2,(H2,22,24);1H. The van der Waals surface area contributed by atoms with E-state index in [0.29, 0.717) is 17.4 Å². The highest BCUT2D eigenvalue weighted by Gasteiger charge is 2.19. The molecule has 0 bridgehead atoms. The average molecular weight is 379 g/mol. The number of hydrogen-bond donors (Lipinski definition) is 2. The van der Waals surface area contributed by atoms with Gasteiger partial charge in [-0.2, -0.15) is 0 Å². The first-order valence-electron chi connectivity index (χ1n) is 8.48. The van der Waals surface area contributed by atoms with Crippen LogP contribution in [0.4, 0.5) is 0 Å². The third-order valence-electron chi connectivity index (χ3n) is 4.78. The molecule has 3 N–H and O–H groups in total. The van der Waals surface area contributed by atoms with Gasteiger partial charge in [0.1, 0.15) is 0 Å². The molecule has 2 aromatic carbocycles. The Morgan fingerprint density at radius 3 is 2.24 bits per heavy atom. The maximum Gasteiger partial charge on any atom is 0.218 e. The molecule has 0 spiro atoms. The Bertz CT molecular complexity index is 680. The molecular formula is C20H24Cl2N2O. The lowest BCUT2D eigenvalue weighted by atomic mass is 9.85. The molecule has 1 aliphatic rings. The molecule has 3 rings (SSSR count). The van der Waals surface area contributed by atoms with Crippen molar-refractivity contribution in [2.45, 2.75) is 31.1 Å². The number of piperidine rings is 1. The van der Waals surface area contributed by atoms with E-state index in [0.717, 1.165) is 24.2 Å². The van der Waals surface area contributed by atoms with Crippen molar-refractivity contribution in [3.63, 3.8) is 0 Å². The molecule has 1 aliphatic heterocycles. The summed E-state index contributed by atoms with van der Waals surface area (Å²) in [5, 5.41) is 4.15. The van der Waals surface area contributed by atoms with Crippen LogP contribution in [0, 0.1) is 0 Å². The van der Waals surface area contributed by atoms with Crippen molar-refractivity contribution < 1.29 is 4.79 Å². The summed E-state index contributed by atoms with van der Waals surface area (Å²) in [4.78, 5) is 11.5. The van der Waals surface area contributed by atoms with Crippen LogP contribution in [0.3, 0.4) is 0 Å². The number of rotatable bonds is 5. The fraction of sp³-hybridized carbons (Fsp3) is 0.350. The van der Waals surface area contributed by atoms with Gasteiger partial charge in [0.25, 0.3) is 0 Å². The number of benzene rings is 2. The van der Waals surface area contributed by atoms with E-state index < -0.39 is 0 Å². The Morgan fingerprint density at radius 2 is 1.72 bits per heavy atom. The number of carbonyl (C=O) groups excluding carboxylic acids is 1. The van der Waals surface area contributed by atoms with E-state index in [4.69, 9.17) is 17.3 Å². The van der Waals surface area contributed by atoms with E-state index >= 15 is 0 Å². The van der Waals surface area contributed by atoms with Gasteiger partial charge in [-0.15, -0.1) is 12.4 Å². The zero-order valence-electron chi connectivity index (χ0n) is 14.1. The summed E-state index contributed by atoms with van der Waals surface area (Å²) in [5.74, 6) is 0.256. The minimum atomic E-state index is -0.296. The minimum absolute atomic E-state index is 0. The number of hydrogen-bond acceptors (Lipinski definition) is 2. The molecule has 2 atom stereocenters. The van der Waals surface area contributed by atoms with Crippen LogP contribution in [0.1, 0.15) is 47.8 Å². The normalized spacial score (nSPS) is 18.2. The molecule has 0 aliphatic carbocycles. The summed E-state index contributed by atoms with van der Waals surface area (Å²) >= 11 is 5.98. The molecule has 1 amide bonds. The molecule has 1 fully saturated rings. The number of carbonyl (C=O) groups is 1. The van der Waals surface area contributed by atoms with Crippen LogP contribution in [-0.4, -0.2) is 19.0 Å². The van der Waals surface area contributed by atoms with Crippen LogP contribution in [0.5, 0.6) is 0 Å². The van der Waals surface area contributed by atoms with Gasteiger partial charge < -0.3 is 11.1 Å². The van der Waals surface area contributed by atoms with Crippen molar-refractivity contribution in [3.05, 3.63) is 70.2 Å². The second-order valence-corrected chi connectivity index (χ2v) is 6.92. The van der Waals surface area contributed by atoms with Gasteiger partial charge in [0, 0.05) is 23.9 Å². The van der Waals surface area contributed by atoms with Crippen LogP contribution in [0.25, 0.3) is 0 Å². The lowest BCUT2D eigenvalue weighted by Crippen LogP contribution is -2.28. The van der Waals surface area contributed by atoms with Crippen molar-refractivity contribution in [3.8, 4) is 0 Å². The van der Waals surface area contributed by atoms with E-state index in [1.54, 1.807) is 0 Å². The molecule has 1 heterocycles. The fourth-order valence-corrected chi connectivity index (χ4v) is 3.59. The van der Waals surface area contributed by atoms with Crippen molar-refractivity contribution in [2.75, 3.05) is 13.1 Å². The van der Waals surface area contributed by atoms with Gasteiger partial charge in [0.2, 0.25) is 5.91 Å². The largest absolute Gasteiger partial charge is 0.370 e. The Kier molecular flexibility index (Phi) is 7.30. The number of amides is 1. The maximum atomic E-state index is 11.5. The predicted octanol–water partition coefficient (Wildman–Crippen LogP) is 4.24. The van der Waals surface area contributed by atoms with Crippen molar-refractivity contribution in [2.24, 2.45) is 5.73 Å². The van der Waals surface area contributed by atoms with Gasteiger partial charge in [-0.1, -0.05) is 48.0 Å². The molecule has 2 aromatic rings. The van der Waals surface area contributed by atoms with Crippen LogP contribution >= 0.6 is 24.0 Å². The van der Waals surface area contributed by atoms with Crippen molar-refractivity contribution in [1.82, 2.24) is 5.32 Å². The first kappa shape index (κ1) is 19.8. The second kappa shape index (κ2) is 9.23. The quantitative estimate of drug-likeness (QED) is 0.817. The molecule has 3 nitrogen and oxygen atoms in total. The first-order valence-corrected chi connectivity index (χ1v) is 8.85. The zero-order valence-corrected chi connectivity index (χ0v) is 15.7.